The summed E-state index contributed by atoms with van der Waals surface area (Å²) >= 11 is 0. The zero-order chi connectivity index (χ0) is 21.1. The number of benzene rings is 1. The fraction of sp³-hybridized carbons (Fsp3) is 0.429. The van der Waals surface area contributed by atoms with Gasteiger partial charge in [-0.1, -0.05) is 38.1 Å². The Morgan fingerprint density at radius 2 is 1.61 bits per heavy atom. The number of allylic oxidation sites excluding steroid dienone is 1. The van der Waals surface area contributed by atoms with Gasteiger partial charge in [-0.25, -0.2) is 0 Å². The highest BCUT2D eigenvalue weighted by Crippen LogP contribution is 2.32. The fourth-order valence-electron chi connectivity index (χ4n) is 3.39. The third-order valence-electron chi connectivity index (χ3n) is 4.70. The smallest absolute Gasteiger partial charge is 0.306 e. The second-order valence-electron chi connectivity index (χ2n) is 7.42. The Hall–Kier alpha value is -2.80. The number of ether oxygens (including phenoxy) is 2. The molecule has 0 aliphatic heterocycles. The van der Waals surface area contributed by atoms with E-state index in [1.807, 2.05) is 0 Å². The van der Waals surface area contributed by atoms with Gasteiger partial charge in [0, 0.05) is 31.7 Å². The van der Waals surface area contributed by atoms with E-state index in [4.69, 9.17) is 4.74 Å². The number of esters is 1. The minimum Gasteiger partial charge on any atom is -0.469 e. The SMILES string of the molecule is CNC1=C(C(OC)C(=O)CC(C)(C)CC(=O)OC)C(=O)c2ccccc2C1=O. The molecule has 0 radical (unpaired) electrons. The maximum absolute atomic E-state index is 13.1. The van der Waals surface area contributed by atoms with E-state index in [0.29, 0.717) is 0 Å². The van der Waals surface area contributed by atoms with Crippen LogP contribution in [0, 0.1) is 5.41 Å². The first-order chi connectivity index (χ1) is 13.2. The Morgan fingerprint density at radius 1 is 1.04 bits per heavy atom. The zero-order valence-electron chi connectivity index (χ0n) is 16.8. The number of carbonyl (C=O) groups is 4. The minimum atomic E-state index is -1.22. The largest absolute Gasteiger partial charge is 0.469 e. The highest BCUT2D eigenvalue weighted by Gasteiger charge is 2.40. The van der Waals surface area contributed by atoms with Gasteiger partial charge in [-0.2, -0.15) is 0 Å². The van der Waals surface area contributed by atoms with Crippen molar-refractivity contribution < 1.29 is 28.7 Å². The van der Waals surface area contributed by atoms with Gasteiger partial charge in [0.25, 0.3) is 0 Å². The van der Waals surface area contributed by atoms with Crippen LogP contribution < -0.4 is 5.32 Å². The lowest BCUT2D eigenvalue weighted by Gasteiger charge is -2.28. The molecule has 150 valence electrons. The molecule has 2 rings (SSSR count). The molecule has 0 spiro atoms. The molecule has 0 amide bonds. The van der Waals surface area contributed by atoms with Crippen LogP contribution in [0.2, 0.25) is 0 Å². The molecular formula is C21H25NO6. The van der Waals surface area contributed by atoms with Crippen molar-refractivity contribution in [3.8, 4) is 0 Å². The van der Waals surface area contributed by atoms with Gasteiger partial charge in [0.2, 0.25) is 5.78 Å². The van der Waals surface area contributed by atoms with E-state index in [9.17, 15) is 19.2 Å². The molecule has 1 aliphatic rings. The molecule has 1 atom stereocenters. The zero-order valence-corrected chi connectivity index (χ0v) is 16.8. The highest BCUT2D eigenvalue weighted by atomic mass is 16.5. The van der Waals surface area contributed by atoms with E-state index in [1.165, 1.54) is 21.3 Å². The summed E-state index contributed by atoms with van der Waals surface area (Å²) in [5, 5.41) is 2.75. The Kier molecular flexibility index (Phi) is 6.51. The monoisotopic (exact) mass is 387 g/mol. The lowest BCUT2D eigenvalue weighted by molar-refractivity contribution is -0.143. The lowest BCUT2D eigenvalue weighted by Crippen LogP contribution is -2.39. The van der Waals surface area contributed by atoms with Crippen molar-refractivity contribution in [3.05, 3.63) is 46.7 Å². The molecule has 1 aliphatic carbocycles. The topological polar surface area (TPSA) is 98.8 Å². The van der Waals surface area contributed by atoms with Crippen molar-refractivity contribution >= 4 is 23.3 Å². The average molecular weight is 387 g/mol. The third-order valence-corrected chi connectivity index (χ3v) is 4.70. The summed E-state index contributed by atoms with van der Waals surface area (Å²) in [7, 11) is 4.12. The molecule has 0 saturated carbocycles. The van der Waals surface area contributed by atoms with Crippen molar-refractivity contribution in [2.24, 2.45) is 5.41 Å². The lowest BCUT2D eigenvalue weighted by atomic mass is 9.79. The highest BCUT2D eigenvalue weighted by molar-refractivity contribution is 6.28. The van der Waals surface area contributed by atoms with E-state index in [0.717, 1.165) is 0 Å². The number of methoxy groups -OCH3 is 2. The predicted molar refractivity (Wildman–Crippen MR) is 102 cm³/mol. The molecule has 1 aromatic rings. The second-order valence-corrected chi connectivity index (χ2v) is 7.42. The van der Waals surface area contributed by atoms with Gasteiger partial charge in [0.1, 0.15) is 6.10 Å². The first kappa shape index (κ1) is 21.5. The number of ketones is 3. The number of likely N-dealkylation sites (N-methyl/N-ethyl adjacent to an activating group) is 1. The Labute approximate surface area is 164 Å². The van der Waals surface area contributed by atoms with Crippen LogP contribution in [0.1, 0.15) is 47.4 Å². The van der Waals surface area contributed by atoms with Gasteiger partial charge in [-0.05, 0) is 5.41 Å². The molecule has 0 bridgehead atoms. The van der Waals surface area contributed by atoms with Crippen LogP contribution in [0.5, 0.6) is 0 Å². The summed E-state index contributed by atoms with van der Waals surface area (Å²) in [4.78, 5) is 50.5. The van der Waals surface area contributed by atoms with Gasteiger partial charge < -0.3 is 14.8 Å². The summed E-state index contributed by atoms with van der Waals surface area (Å²) in [5.74, 6) is -1.61. The molecule has 7 nitrogen and oxygen atoms in total. The maximum Gasteiger partial charge on any atom is 0.306 e. The molecule has 1 N–H and O–H groups in total. The van der Waals surface area contributed by atoms with E-state index in [2.05, 4.69) is 10.1 Å². The van der Waals surface area contributed by atoms with Crippen LogP contribution in [0.3, 0.4) is 0 Å². The van der Waals surface area contributed by atoms with Gasteiger partial charge >= 0.3 is 5.97 Å². The van der Waals surface area contributed by atoms with Crippen molar-refractivity contribution in [1.29, 1.82) is 0 Å². The van der Waals surface area contributed by atoms with Crippen LogP contribution in [0.25, 0.3) is 0 Å². The van der Waals surface area contributed by atoms with Crippen molar-refractivity contribution in [1.82, 2.24) is 5.32 Å². The van der Waals surface area contributed by atoms with E-state index >= 15 is 0 Å². The van der Waals surface area contributed by atoms with Crippen LogP contribution >= 0.6 is 0 Å². The molecule has 0 fully saturated rings. The molecular weight excluding hydrogens is 362 g/mol. The summed E-state index contributed by atoms with van der Waals surface area (Å²) in [6.07, 6.45) is -1.20. The maximum atomic E-state index is 13.1. The van der Waals surface area contributed by atoms with Crippen LogP contribution in [-0.4, -0.2) is 50.7 Å². The normalized spacial score (nSPS) is 15.2. The van der Waals surface area contributed by atoms with Gasteiger partial charge in [-0.3, -0.25) is 19.2 Å². The van der Waals surface area contributed by atoms with Crippen LogP contribution in [0.4, 0.5) is 0 Å². The average Bonchev–Trinajstić information content (AvgIpc) is 2.65. The second kappa shape index (κ2) is 8.48. The molecule has 7 heteroatoms. The van der Waals surface area contributed by atoms with Crippen molar-refractivity contribution in [2.75, 3.05) is 21.3 Å². The molecule has 1 aromatic carbocycles. The van der Waals surface area contributed by atoms with Crippen LogP contribution in [0.15, 0.2) is 35.5 Å². The number of fused-ring (bicyclic) bond motifs is 1. The number of rotatable bonds is 8. The Morgan fingerprint density at radius 3 is 2.11 bits per heavy atom. The van der Waals surface area contributed by atoms with Crippen LogP contribution in [-0.2, 0) is 19.1 Å². The number of carbonyl (C=O) groups excluding carboxylic acids is 4. The fourth-order valence-corrected chi connectivity index (χ4v) is 3.39. The summed E-state index contributed by atoms with van der Waals surface area (Å²) in [5.41, 5.74) is -0.123. The molecule has 28 heavy (non-hydrogen) atoms. The predicted octanol–water partition coefficient (Wildman–Crippen LogP) is 2.10. The quantitative estimate of drug-likeness (QED) is 0.682. The Balaban J connectivity index is 2.41. The summed E-state index contributed by atoms with van der Waals surface area (Å²) < 4.78 is 10.0. The first-order valence-electron chi connectivity index (χ1n) is 8.89. The number of hydrogen-bond acceptors (Lipinski definition) is 7. The van der Waals surface area contributed by atoms with Crippen molar-refractivity contribution in [2.45, 2.75) is 32.8 Å². The van der Waals surface area contributed by atoms with Gasteiger partial charge in [-0.15, -0.1) is 0 Å². The van der Waals surface area contributed by atoms with Gasteiger partial charge in [0.05, 0.1) is 24.8 Å². The standard InChI is InChI=1S/C21H25NO6/c1-21(2,11-15(24)27-4)10-14(23)20(28-5)16-17(22-3)19(26)13-9-7-6-8-12(13)18(16)25/h6-9,20,22H,10-11H2,1-5H3. The number of Topliss-reactive ketones (excluding diaryl/α,β-unsaturated/α-hetero) is 3. The molecule has 1 unspecified atom stereocenters. The summed E-state index contributed by atoms with van der Waals surface area (Å²) in [6.45, 7) is 3.51. The number of nitrogens with one attached hydrogen (secondary N) is 1. The number of hydrogen-bond donors (Lipinski definition) is 1. The van der Waals surface area contributed by atoms with Crippen molar-refractivity contribution in [3.63, 3.8) is 0 Å². The Bertz CT molecular complexity index is 852. The molecule has 0 heterocycles. The minimum absolute atomic E-state index is 0.00688. The summed E-state index contributed by atoms with van der Waals surface area (Å²) in [6, 6.07) is 6.47. The van der Waals surface area contributed by atoms with E-state index < -0.39 is 23.3 Å². The molecule has 0 saturated heterocycles. The van der Waals surface area contributed by atoms with E-state index in [1.54, 1.807) is 38.1 Å². The third kappa shape index (κ3) is 4.20. The molecule has 0 aromatic heterocycles. The first-order valence-corrected chi connectivity index (χ1v) is 8.89. The van der Waals surface area contributed by atoms with E-state index in [-0.39, 0.29) is 46.8 Å². The van der Waals surface area contributed by atoms with Gasteiger partial charge in [0.15, 0.2) is 11.6 Å².